The average Bonchev–Trinajstić information content (AvgIpc) is 2.90. The highest BCUT2D eigenvalue weighted by atomic mass is 15.2. The molecule has 3 rings (SSSR count). The van der Waals surface area contributed by atoms with E-state index in [1.807, 2.05) is 12.1 Å². The third kappa shape index (κ3) is 1.87. The Kier molecular flexibility index (Phi) is 2.31. The Morgan fingerprint density at radius 3 is 2.53 bits per heavy atom. The second kappa shape index (κ2) is 4.09. The summed E-state index contributed by atoms with van der Waals surface area (Å²) in [5.74, 6) is 1.25. The molecular formula is C11H8N6. The fraction of sp³-hybridized carbons (Fsp3) is 0. The molecule has 0 saturated heterocycles. The summed E-state index contributed by atoms with van der Waals surface area (Å²) in [4.78, 5) is 16.3. The molecule has 0 aliphatic carbocycles. The topological polar surface area (TPSA) is 80.2 Å². The van der Waals surface area contributed by atoms with Gasteiger partial charge < -0.3 is 0 Å². The first-order chi connectivity index (χ1) is 8.43. The van der Waals surface area contributed by atoms with Gasteiger partial charge in [0.25, 0.3) is 0 Å². The molecule has 6 heteroatoms. The van der Waals surface area contributed by atoms with Gasteiger partial charge in [-0.1, -0.05) is 0 Å². The summed E-state index contributed by atoms with van der Waals surface area (Å²) in [6, 6.07) is 5.48. The molecule has 17 heavy (non-hydrogen) atoms. The predicted octanol–water partition coefficient (Wildman–Crippen LogP) is 1.32. The van der Waals surface area contributed by atoms with E-state index in [1.54, 1.807) is 24.7 Å². The van der Waals surface area contributed by atoms with Gasteiger partial charge in [0.15, 0.2) is 11.6 Å². The van der Waals surface area contributed by atoms with Gasteiger partial charge in [0.1, 0.15) is 12.0 Å². The van der Waals surface area contributed by atoms with Crippen LogP contribution in [0, 0.1) is 0 Å². The molecule has 3 aromatic heterocycles. The molecule has 0 unspecified atom stereocenters. The maximum atomic E-state index is 4.37. The summed E-state index contributed by atoms with van der Waals surface area (Å²) in [5, 5.41) is 6.99. The lowest BCUT2D eigenvalue weighted by molar-refractivity contribution is 1.08. The minimum absolute atomic E-state index is 0.624. The Balaban J connectivity index is 1.99. The maximum Gasteiger partial charge on any atom is 0.181 e. The molecule has 3 heterocycles. The number of hydrogen-bond donors (Lipinski definition) is 1. The van der Waals surface area contributed by atoms with Crippen molar-refractivity contribution in [3.8, 4) is 22.9 Å². The van der Waals surface area contributed by atoms with Crippen molar-refractivity contribution in [3.63, 3.8) is 0 Å². The number of pyridine rings is 1. The van der Waals surface area contributed by atoms with Crippen molar-refractivity contribution in [1.29, 1.82) is 0 Å². The molecule has 0 bridgehead atoms. The van der Waals surface area contributed by atoms with Gasteiger partial charge in [0, 0.05) is 24.2 Å². The highest BCUT2D eigenvalue weighted by Gasteiger charge is 2.07. The first-order valence-corrected chi connectivity index (χ1v) is 5.03. The summed E-state index contributed by atoms with van der Waals surface area (Å²) in [7, 11) is 0. The zero-order valence-corrected chi connectivity index (χ0v) is 8.78. The van der Waals surface area contributed by atoms with Crippen LogP contribution >= 0.6 is 0 Å². The molecule has 0 radical (unpaired) electrons. The number of aromatic amines is 1. The van der Waals surface area contributed by atoms with Gasteiger partial charge in [0.2, 0.25) is 0 Å². The van der Waals surface area contributed by atoms with E-state index in [4.69, 9.17) is 0 Å². The Morgan fingerprint density at radius 2 is 1.76 bits per heavy atom. The number of aromatic nitrogens is 6. The van der Waals surface area contributed by atoms with Gasteiger partial charge in [-0.25, -0.2) is 15.0 Å². The lowest BCUT2D eigenvalue weighted by Gasteiger charge is -1.92. The Labute approximate surface area is 96.8 Å². The lowest BCUT2D eigenvalue weighted by atomic mass is 10.2. The van der Waals surface area contributed by atoms with Crippen molar-refractivity contribution >= 4 is 0 Å². The van der Waals surface area contributed by atoms with E-state index in [0.717, 1.165) is 5.56 Å². The van der Waals surface area contributed by atoms with E-state index in [0.29, 0.717) is 17.3 Å². The van der Waals surface area contributed by atoms with E-state index in [9.17, 15) is 0 Å². The van der Waals surface area contributed by atoms with Crippen molar-refractivity contribution < 1.29 is 0 Å². The Hall–Kier alpha value is -2.63. The second-order valence-corrected chi connectivity index (χ2v) is 3.34. The zero-order chi connectivity index (χ0) is 11.5. The zero-order valence-electron chi connectivity index (χ0n) is 8.78. The summed E-state index contributed by atoms with van der Waals surface area (Å²) < 4.78 is 0. The standard InChI is InChI=1S/C11H8N6/c1-4-12-5-2-8(1)10-15-11(17-16-10)9-3-6-13-7-14-9/h1-7H,(H,15,16,17). The molecule has 0 atom stereocenters. The number of H-pyrrole nitrogens is 1. The van der Waals surface area contributed by atoms with Crippen LogP contribution in [0.4, 0.5) is 0 Å². The minimum atomic E-state index is 0.624. The first kappa shape index (κ1) is 9.59. The molecule has 0 aromatic carbocycles. The largest absolute Gasteiger partial charge is 0.265 e. The SMILES string of the molecule is c1cc(-c2n[nH]c(-c3ccncn3)n2)ccn1. The van der Waals surface area contributed by atoms with E-state index >= 15 is 0 Å². The molecule has 0 spiro atoms. The summed E-state index contributed by atoms with van der Waals surface area (Å²) in [5.41, 5.74) is 1.63. The smallest absolute Gasteiger partial charge is 0.181 e. The molecule has 0 fully saturated rings. The fourth-order valence-corrected chi connectivity index (χ4v) is 1.44. The van der Waals surface area contributed by atoms with Gasteiger partial charge in [-0.3, -0.25) is 10.1 Å². The summed E-state index contributed by atoms with van der Waals surface area (Å²) in [6.45, 7) is 0. The van der Waals surface area contributed by atoms with Crippen LogP contribution in [0.1, 0.15) is 0 Å². The normalized spacial score (nSPS) is 10.4. The molecule has 0 aliphatic rings. The second-order valence-electron chi connectivity index (χ2n) is 3.34. The highest BCUT2D eigenvalue weighted by molar-refractivity contribution is 5.57. The van der Waals surface area contributed by atoms with Gasteiger partial charge in [-0.15, -0.1) is 0 Å². The van der Waals surface area contributed by atoms with Gasteiger partial charge in [-0.05, 0) is 18.2 Å². The van der Waals surface area contributed by atoms with Gasteiger partial charge >= 0.3 is 0 Å². The third-order valence-electron chi connectivity index (χ3n) is 2.25. The molecule has 1 N–H and O–H groups in total. The van der Waals surface area contributed by atoms with Crippen LogP contribution in [0.3, 0.4) is 0 Å². The molecule has 0 aliphatic heterocycles. The van der Waals surface area contributed by atoms with Crippen molar-refractivity contribution in [1.82, 2.24) is 30.1 Å². The molecular weight excluding hydrogens is 216 g/mol. The summed E-state index contributed by atoms with van der Waals surface area (Å²) in [6.07, 6.45) is 6.55. The fourth-order valence-electron chi connectivity index (χ4n) is 1.44. The van der Waals surface area contributed by atoms with E-state index in [1.165, 1.54) is 6.33 Å². The monoisotopic (exact) mass is 224 g/mol. The van der Waals surface area contributed by atoms with Crippen LogP contribution in [0.2, 0.25) is 0 Å². The van der Waals surface area contributed by atoms with Crippen LogP contribution in [0.25, 0.3) is 22.9 Å². The van der Waals surface area contributed by atoms with Crippen LogP contribution in [-0.4, -0.2) is 30.1 Å². The number of hydrogen-bond acceptors (Lipinski definition) is 5. The van der Waals surface area contributed by atoms with E-state index in [2.05, 4.69) is 30.1 Å². The first-order valence-electron chi connectivity index (χ1n) is 5.03. The molecule has 82 valence electrons. The van der Waals surface area contributed by atoms with Gasteiger partial charge in [-0.2, -0.15) is 5.10 Å². The molecule has 0 saturated carbocycles. The Bertz CT molecular complexity index is 550. The van der Waals surface area contributed by atoms with E-state index < -0.39 is 0 Å². The van der Waals surface area contributed by atoms with Crippen molar-refractivity contribution in [2.75, 3.05) is 0 Å². The highest BCUT2D eigenvalue weighted by Crippen LogP contribution is 2.16. The maximum absolute atomic E-state index is 4.37. The Morgan fingerprint density at radius 1 is 0.941 bits per heavy atom. The van der Waals surface area contributed by atoms with Crippen molar-refractivity contribution in [3.05, 3.63) is 43.1 Å². The molecule has 0 amide bonds. The van der Waals surface area contributed by atoms with Crippen LogP contribution in [-0.2, 0) is 0 Å². The lowest BCUT2D eigenvalue weighted by Crippen LogP contribution is -1.85. The average molecular weight is 224 g/mol. The molecule has 6 nitrogen and oxygen atoms in total. The number of rotatable bonds is 2. The number of nitrogens with zero attached hydrogens (tertiary/aromatic N) is 5. The van der Waals surface area contributed by atoms with Crippen LogP contribution in [0.5, 0.6) is 0 Å². The van der Waals surface area contributed by atoms with Crippen molar-refractivity contribution in [2.45, 2.75) is 0 Å². The van der Waals surface area contributed by atoms with Crippen LogP contribution < -0.4 is 0 Å². The van der Waals surface area contributed by atoms with Crippen molar-refractivity contribution in [2.24, 2.45) is 0 Å². The van der Waals surface area contributed by atoms with Gasteiger partial charge in [0.05, 0.1) is 0 Å². The summed E-state index contributed by atoms with van der Waals surface area (Å²) >= 11 is 0. The number of nitrogens with one attached hydrogen (secondary N) is 1. The minimum Gasteiger partial charge on any atom is -0.265 e. The predicted molar refractivity (Wildman–Crippen MR) is 60.6 cm³/mol. The quantitative estimate of drug-likeness (QED) is 0.710. The van der Waals surface area contributed by atoms with Crippen LogP contribution in [0.15, 0.2) is 43.1 Å². The third-order valence-corrected chi connectivity index (χ3v) is 2.25. The molecule has 3 aromatic rings. The van der Waals surface area contributed by atoms with E-state index in [-0.39, 0.29) is 0 Å².